The van der Waals surface area contributed by atoms with Crippen LogP contribution in [0.2, 0.25) is 0 Å². The van der Waals surface area contributed by atoms with E-state index in [1.807, 2.05) is 0 Å². The van der Waals surface area contributed by atoms with Crippen LogP contribution in [0.4, 0.5) is 0 Å². The van der Waals surface area contributed by atoms with Gasteiger partial charge in [0.05, 0.1) is 18.6 Å². The van der Waals surface area contributed by atoms with Crippen LogP contribution in [0.15, 0.2) is 4.99 Å². The second-order valence-corrected chi connectivity index (χ2v) is 8.00. The number of nitrogens with zero attached hydrogens (tertiary/aromatic N) is 1. The van der Waals surface area contributed by atoms with Crippen LogP contribution in [0, 0.1) is 5.92 Å². The van der Waals surface area contributed by atoms with Gasteiger partial charge in [-0.3, -0.25) is 24.2 Å². The molecule has 3 amide bonds. The maximum atomic E-state index is 12.8. The average molecular weight is 490 g/mol. The van der Waals surface area contributed by atoms with Gasteiger partial charge in [-0.15, -0.1) is 0 Å². The SMILES string of the molecule is CC(C)C(N)C(=O)NC(CC(=O)O)C(=O)NC(CCCN=C(N)N)C(=O)NC(C(=O)O)C(C)O. The number of carbonyl (C=O) groups is 5. The number of hydrogen-bond acceptors (Lipinski definition) is 8. The first-order chi connectivity index (χ1) is 15.7. The highest BCUT2D eigenvalue weighted by atomic mass is 16.4. The van der Waals surface area contributed by atoms with E-state index in [0.717, 1.165) is 6.92 Å². The summed E-state index contributed by atoms with van der Waals surface area (Å²) in [5.74, 6) is -6.11. The molecular weight excluding hydrogens is 454 g/mol. The largest absolute Gasteiger partial charge is 0.481 e. The third-order valence-electron chi connectivity index (χ3n) is 4.66. The van der Waals surface area contributed by atoms with Gasteiger partial charge < -0.3 is 48.5 Å². The molecule has 0 rings (SSSR count). The Morgan fingerprint density at radius 3 is 1.85 bits per heavy atom. The zero-order valence-electron chi connectivity index (χ0n) is 19.4. The smallest absolute Gasteiger partial charge is 0.328 e. The number of nitrogens with two attached hydrogens (primary N) is 3. The highest BCUT2D eigenvalue weighted by molar-refractivity contribution is 5.95. The van der Waals surface area contributed by atoms with Crippen LogP contribution >= 0.6 is 0 Å². The van der Waals surface area contributed by atoms with E-state index in [9.17, 15) is 34.2 Å². The van der Waals surface area contributed by atoms with Crippen molar-refractivity contribution < 1.29 is 39.3 Å². The molecule has 12 N–H and O–H groups in total. The highest BCUT2D eigenvalue weighted by Gasteiger charge is 2.32. The second-order valence-electron chi connectivity index (χ2n) is 8.00. The lowest BCUT2D eigenvalue weighted by atomic mass is 10.0. The van der Waals surface area contributed by atoms with Gasteiger partial charge in [0.15, 0.2) is 12.0 Å². The summed E-state index contributed by atoms with van der Waals surface area (Å²) in [6.07, 6.45) is -2.14. The van der Waals surface area contributed by atoms with Gasteiger partial charge >= 0.3 is 11.9 Å². The zero-order chi connectivity index (χ0) is 26.6. The summed E-state index contributed by atoms with van der Waals surface area (Å²) in [6, 6.07) is -5.59. The van der Waals surface area contributed by atoms with Crippen molar-refractivity contribution in [3.8, 4) is 0 Å². The van der Waals surface area contributed by atoms with E-state index < -0.39 is 66.4 Å². The lowest BCUT2D eigenvalue weighted by molar-refractivity contribution is -0.145. The molecule has 0 aliphatic heterocycles. The zero-order valence-corrected chi connectivity index (χ0v) is 19.4. The maximum absolute atomic E-state index is 12.8. The van der Waals surface area contributed by atoms with E-state index in [-0.39, 0.29) is 31.3 Å². The minimum absolute atomic E-state index is 0.0697. The predicted octanol–water partition coefficient (Wildman–Crippen LogP) is -3.58. The average Bonchev–Trinajstić information content (AvgIpc) is 2.71. The number of guanidine groups is 1. The molecule has 0 fully saturated rings. The minimum atomic E-state index is -1.66. The van der Waals surface area contributed by atoms with Gasteiger partial charge in [0.1, 0.15) is 12.1 Å². The molecule has 0 saturated carbocycles. The molecule has 34 heavy (non-hydrogen) atoms. The number of aliphatic carboxylic acids is 2. The van der Waals surface area contributed by atoms with E-state index in [0.29, 0.717) is 0 Å². The van der Waals surface area contributed by atoms with E-state index in [2.05, 4.69) is 20.9 Å². The number of carbonyl (C=O) groups excluding carboxylic acids is 3. The summed E-state index contributed by atoms with van der Waals surface area (Å²) in [5.41, 5.74) is 16.2. The highest BCUT2D eigenvalue weighted by Crippen LogP contribution is 2.05. The van der Waals surface area contributed by atoms with E-state index in [4.69, 9.17) is 22.3 Å². The summed E-state index contributed by atoms with van der Waals surface area (Å²) in [4.78, 5) is 64.0. The molecule has 0 spiro atoms. The molecule has 0 heterocycles. The fourth-order valence-corrected chi connectivity index (χ4v) is 2.64. The Morgan fingerprint density at radius 2 is 1.41 bits per heavy atom. The first-order valence-electron chi connectivity index (χ1n) is 10.5. The van der Waals surface area contributed by atoms with Crippen molar-refractivity contribution in [3.63, 3.8) is 0 Å². The van der Waals surface area contributed by atoms with Gasteiger partial charge in [-0.05, 0) is 25.7 Å². The third kappa shape index (κ3) is 11.4. The monoisotopic (exact) mass is 489 g/mol. The standard InChI is InChI=1S/C19H35N7O8/c1-8(2)13(20)17(32)25-11(7-12(28)29)16(31)24-10(5-4-6-23-19(21)22)15(30)26-14(9(3)27)18(33)34/h8-11,13-14,27H,4-7,20H2,1-3H3,(H,24,31)(H,25,32)(H,26,30)(H,28,29)(H,33,34)(H4,21,22,23). The number of aliphatic imine (C=N–C) groups is 1. The van der Waals surface area contributed by atoms with Crippen LogP contribution in [0.25, 0.3) is 0 Å². The van der Waals surface area contributed by atoms with Crippen LogP contribution < -0.4 is 33.2 Å². The fraction of sp³-hybridized carbons (Fsp3) is 0.684. The molecule has 0 saturated heterocycles. The number of aliphatic hydroxyl groups excluding tert-OH is 1. The molecule has 0 aromatic rings. The summed E-state index contributed by atoms with van der Waals surface area (Å²) in [7, 11) is 0. The Kier molecular flexibility index (Phi) is 13.2. The lowest BCUT2D eigenvalue weighted by Gasteiger charge is -2.25. The predicted molar refractivity (Wildman–Crippen MR) is 120 cm³/mol. The van der Waals surface area contributed by atoms with Crippen molar-refractivity contribution in [2.75, 3.05) is 6.54 Å². The van der Waals surface area contributed by atoms with Crippen LogP contribution in [0.3, 0.4) is 0 Å². The molecule has 0 aromatic heterocycles. The number of amides is 3. The number of rotatable bonds is 15. The fourth-order valence-electron chi connectivity index (χ4n) is 2.64. The molecule has 0 aromatic carbocycles. The lowest BCUT2D eigenvalue weighted by Crippen LogP contribution is -2.58. The summed E-state index contributed by atoms with van der Waals surface area (Å²) >= 11 is 0. The van der Waals surface area contributed by atoms with Crippen molar-refractivity contribution in [3.05, 3.63) is 0 Å². The summed E-state index contributed by atoms with van der Waals surface area (Å²) in [6.45, 7) is 4.56. The second kappa shape index (κ2) is 14.6. The molecule has 5 unspecified atom stereocenters. The summed E-state index contributed by atoms with van der Waals surface area (Å²) < 4.78 is 0. The van der Waals surface area contributed by atoms with Crippen LogP contribution in [-0.2, 0) is 24.0 Å². The number of carboxylic acid groups (broad SMARTS) is 2. The molecule has 0 aliphatic carbocycles. The first kappa shape index (κ1) is 30.5. The molecule has 15 nitrogen and oxygen atoms in total. The van der Waals surface area contributed by atoms with E-state index in [1.54, 1.807) is 13.8 Å². The molecule has 5 atom stereocenters. The number of nitrogens with one attached hydrogen (secondary N) is 3. The normalized spacial score (nSPS) is 15.2. The Morgan fingerprint density at radius 1 is 0.882 bits per heavy atom. The minimum Gasteiger partial charge on any atom is -0.481 e. The van der Waals surface area contributed by atoms with Gasteiger partial charge in [-0.2, -0.15) is 0 Å². The Bertz CT molecular complexity index is 768. The number of aliphatic hydroxyl groups is 1. The maximum Gasteiger partial charge on any atom is 0.328 e. The third-order valence-corrected chi connectivity index (χ3v) is 4.66. The molecule has 0 bridgehead atoms. The van der Waals surface area contributed by atoms with Gasteiger partial charge in [0.2, 0.25) is 17.7 Å². The first-order valence-corrected chi connectivity index (χ1v) is 10.5. The van der Waals surface area contributed by atoms with Gasteiger partial charge in [-0.1, -0.05) is 13.8 Å². The topological polar surface area (TPSA) is 273 Å². The van der Waals surface area contributed by atoms with Crippen molar-refractivity contribution in [2.45, 2.75) is 70.3 Å². The molecule has 0 aliphatic rings. The van der Waals surface area contributed by atoms with Crippen molar-refractivity contribution in [1.82, 2.24) is 16.0 Å². The van der Waals surface area contributed by atoms with Gasteiger partial charge in [0.25, 0.3) is 0 Å². The van der Waals surface area contributed by atoms with Crippen molar-refractivity contribution in [1.29, 1.82) is 0 Å². The van der Waals surface area contributed by atoms with E-state index >= 15 is 0 Å². The van der Waals surface area contributed by atoms with Crippen LogP contribution in [0.1, 0.15) is 40.0 Å². The number of carboxylic acids is 2. The molecule has 0 radical (unpaired) electrons. The van der Waals surface area contributed by atoms with E-state index in [1.165, 1.54) is 0 Å². The summed E-state index contributed by atoms with van der Waals surface area (Å²) in [5, 5.41) is 34.6. The Labute approximate surface area is 196 Å². The van der Waals surface area contributed by atoms with Gasteiger partial charge in [0, 0.05) is 6.54 Å². The molecular formula is C19H35N7O8. The van der Waals surface area contributed by atoms with Crippen LogP contribution in [0.5, 0.6) is 0 Å². The van der Waals surface area contributed by atoms with Crippen molar-refractivity contribution >= 4 is 35.6 Å². The Hall–Kier alpha value is -3.46. The Balaban J connectivity index is 5.64. The van der Waals surface area contributed by atoms with Gasteiger partial charge in [-0.25, -0.2) is 4.79 Å². The van der Waals surface area contributed by atoms with Crippen molar-refractivity contribution in [2.24, 2.45) is 28.1 Å². The quantitative estimate of drug-likeness (QED) is 0.0616. The molecule has 194 valence electrons. The molecule has 15 heteroatoms. The number of hydrogen-bond donors (Lipinski definition) is 9. The van der Waals surface area contributed by atoms with Crippen LogP contribution in [-0.4, -0.2) is 87.8 Å².